The van der Waals surface area contributed by atoms with Crippen molar-refractivity contribution in [1.29, 1.82) is 0 Å². The van der Waals surface area contributed by atoms with E-state index in [2.05, 4.69) is 22.2 Å². The van der Waals surface area contributed by atoms with Gasteiger partial charge in [-0.15, -0.1) is 11.3 Å². The molecule has 1 aromatic rings. The Labute approximate surface area is 104 Å². The number of nitrogens with two attached hydrogens (primary N) is 1. The maximum absolute atomic E-state index is 11.3. The summed E-state index contributed by atoms with van der Waals surface area (Å²) in [6.07, 6.45) is 0. The first-order chi connectivity index (χ1) is 8.20. The molecule has 1 unspecified atom stereocenters. The number of ether oxygens (including phenoxy) is 1. The standard InChI is InChI=1S/C10H16N4O2S/c1-7-5-16-3-2-14(7)4-8-6-17-10(12-8)9(15)13-11/h6-7H,2-5,11H2,1H3,(H,13,15). The van der Waals surface area contributed by atoms with Gasteiger partial charge in [0.1, 0.15) is 0 Å². The molecule has 6 nitrogen and oxygen atoms in total. The normalized spacial score (nSPS) is 21.4. The van der Waals surface area contributed by atoms with E-state index in [4.69, 9.17) is 10.6 Å². The summed E-state index contributed by atoms with van der Waals surface area (Å²) in [5.41, 5.74) is 2.99. The highest BCUT2D eigenvalue weighted by Gasteiger charge is 2.20. The van der Waals surface area contributed by atoms with Gasteiger partial charge in [0.05, 0.1) is 18.9 Å². The smallest absolute Gasteiger partial charge is 0.294 e. The summed E-state index contributed by atoms with van der Waals surface area (Å²) in [5.74, 6) is 4.72. The third-order valence-electron chi connectivity index (χ3n) is 2.75. The lowest BCUT2D eigenvalue weighted by molar-refractivity contribution is -0.00484. The maximum Gasteiger partial charge on any atom is 0.294 e. The van der Waals surface area contributed by atoms with Gasteiger partial charge in [0, 0.05) is 24.5 Å². The molecular formula is C10H16N4O2S. The van der Waals surface area contributed by atoms with Crippen molar-refractivity contribution in [3.8, 4) is 0 Å². The van der Waals surface area contributed by atoms with Crippen molar-refractivity contribution < 1.29 is 9.53 Å². The summed E-state index contributed by atoms with van der Waals surface area (Å²) in [6.45, 7) is 5.28. The van der Waals surface area contributed by atoms with Gasteiger partial charge in [-0.3, -0.25) is 15.1 Å². The fraction of sp³-hybridized carbons (Fsp3) is 0.600. The Bertz CT molecular complexity index is 395. The number of hydrogen-bond donors (Lipinski definition) is 2. The van der Waals surface area contributed by atoms with Crippen molar-refractivity contribution in [1.82, 2.24) is 15.3 Å². The van der Waals surface area contributed by atoms with Crippen LogP contribution in [0.1, 0.15) is 22.4 Å². The van der Waals surface area contributed by atoms with E-state index in [9.17, 15) is 4.79 Å². The minimum atomic E-state index is -0.337. The van der Waals surface area contributed by atoms with Crippen LogP contribution in [0.4, 0.5) is 0 Å². The molecule has 0 radical (unpaired) electrons. The number of amides is 1. The molecule has 1 aliphatic heterocycles. The second-order valence-electron chi connectivity index (χ2n) is 4.01. The van der Waals surface area contributed by atoms with Gasteiger partial charge in [-0.1, -0.05) is 0 Å². The molecule has 0 saturated carbocycles. The number of nitrogens with zero attached hydrogens (tertiary/aromatic N) is 2. The lowest BCUT2D eigenvalue weighted by atomic mass is 10.2. The van der Waals surface area contributed by atoms with E-state index in [1.807, 2.05) is 5.38 Å². The topological polar surface area (TPSA) is 80.5 Å². The van der Waals surface area contributed by atoms with Crippen LogP contribution in [0.2, 0.25) is 0 Å². The van der Waals surface area contributed by atoms with E-state index in [0.717, 1.165) is 32.0 Å². The highest BCUT2D eigenvalue weighted by molar-refractivity contribution is 7.11. The zero-order chi connectivity index (χ0) is 12.3. The zero-order valence-corrected chi connectivity index (χ0v) is 10.5. The Morgan fingerprint density at radius 3 is 3.35 bits per heavy atom. The molecule has 3 N–H and O–H groups in total. The maximum atomic E-state index is 11.3. The molecule has 0 spiro atoms. The minimum Gasteiger partial charge on any atom is -0.379 e. The number of rotatable bonds is 3. The molecule has 94 valence electrons. The van der Waals surface area contributed by atoms with Crippen molar-refractivity contribution in [2.75, 3.05) is 19.8 Å². The molecule has 0 bridgehead atoms. The molecule has 1 aromatic heterocycles. The summed E-state index contributed by atoms with van der Waals surface area (Å²) >= 11 is 1.31. The number of thiazole rings is 1. The van der Waals surface area contributed by atoms with Gasteiger partial charge in [0.15, 0.2) is 5.01 Å². The van der Waals surface area contributed by atoms with Crippen molar-refractivity contribution in [3.63, 3.8) is 0 Å². The van der Waals surface area contributed by atoms with Gasteiger partial charge in [0.2, 0.25) is 0 Å². The van der Waals surface area contributed by atoms with E-state index >= 15 is 0 Å². The third kappa shape index (κ3) is 3.01. The van der Waals surface area contributed by atoms with Crippen LogP contribution >= 0.6 is 11.3 Å². The number of carbonyl (C=O) groups is 1. The van der Waals surface area contributed by atoms with E-state index < -0.39 is 0 Å². The van der Waals surface area contributed by atoms with Gasteiger partial charge in [-0.25, -0.2) is 10.8 Å². The number of nitrogens with one attached hydrogen (secondary N) is 1. The number of hydrogen-bond acceptors (Lipinski definition) is 6. The number of aromatic nitrogens is 1. The van der Waals surface area contributed by atoms with Gasteiger partial charge in [0.25, 0.3) is 5.91 Å². The Hall–Kier alpha value is -1.02. The average Bonchev–Trinajstić information content (AvgIpc) is 2.80. The first-order valence-corrected chi connectivity index (χ1v) is 6.36. The molecule has 2 heterocycles. The van der Waals surface area contributed by atoms with Crippen LogP contribution in [0.3, 0.4) is 0 Å². The second-order valence-corrected chi connectivity index (χ2v) is 4.87. The van der Waals surface area contributed by atoms with Crippen molar-refractivity contribution in [3.05, 3.63) is 16.1 Å². The van der Waals surface area contributed by atoms with Crippen LogP contribution in [0.15, 0.2) is 5.38 Å². The highest BCUT2D eigenvalue weighted by atomic mass is 32.1. The van der Waals surface area contributed by atoms with Crippen LogP contribution in [0, 0.1) is 0 Å². The summed E-state index contributed by atoms with van der Waals surface area (Å²) < 4.78 is 5.37. The second kappa shape index (κ2) is 5.54. The Balaban J connectivity index is 1.98. The molecule has 1 fully saturated rings. The number of carbonyl (C=O) groups excluding carboxylic acids is 1. The van der Waals surface area contributed by atoms with Crippen LogP contribution < -0.4 is 11.3 Å². The third-order valence-corrected chi connectivity index (χ3v) is 3.64. The predicted molar refractivity (Wildman–Crippen MR) is 64.5 cm³/mol. The fourth-order valence-corrected chi connectivity index (χ4v) is 2.46. The van der Waals surface area contributed by atoms with Gasteiger partial charge in [-0.2, -0.15) is 0 Å². The van der Waals surface area contributed by atoms with Crippen LogP contribution in [-0.2, 0) is 11.3 Å². The molecule has 1 atom stereocenters. The van der Waals surface area contributed by atoms with Gasteiger partial charge < -0.3 is 4.74 Å². The van der Waals surface area contributed by atoms with E-state index in [1.54, 1.807) is 0 Å². The summed E-state index contributed by atoms with van der Waals surface area (Å²) in [5, 5.41) is 2.30. The predicted octanol–water partition coefficient (Wildman–Crippen LogP) is -0.0327. The molecular weight excluding hydrogens is 240 g/mol. The highest BCUT2D eigenvalue weighted by Crippen LogP contribution is 2.15. The molecule has 1 amide bonds. The quantitative estimate of drug-likeness (QED) is 0.451. The zero-order valence-electron chi connectivity index (χ0n) is 9.68. The Morgan fingerprint density at radius 1 is 1.82 bits per heavy atom. The molecule has 17 heavy (non-hydrogen) atoms. The average molecular weight is 256 g/mol. The largest absolute Gasteiger partial charge is 0.379 e. The summed E-state index contributed by atoms with van der Waals surface area (Å²) in [4.78, 5) is 17.8. The molecule has 1 aliphatic rings. The molecule has 0 aromatic carbocycles. The Kier molecular flexibility index (Phi) is 4.06. The molecule has 7 heteroatoms. The molecule has 0 aliphatic carbocycles. The van der Waals surface area contributed by atoms with Gasteiger partial charge in [-0.05, 0) is 6.92 Å². The van der Waals surface area contributed by atoms with Crippen LogP contribution in [-0.4, -0.2) is 41.6 Å². The van der Waals surface area contributed by atoms with Crippen LogP contribution in [0.5, 0.6) is 0 Å². The van der Waals surface area contributed by atoms with E-state index in [-0.39, 0.29) is 5.91 Å². The first-order valence-electron chi connectivity index (χ1n) is 5.48. The number of morpholine rings is 1. The monoisotopic (exact) mass is 256 g/mol. The summed E-state index contributed by atoms with van der Waals surface area (Å²) in [6, 6.07) is 0.386. The summed E-state index contributed by atoms with van der Waals surface area (Å²) in [7, 11) is 0. The SMILES string of the molecule is CC1COCCN1Cc1csc(C(=O)NN)n1. The van der Waals surface area contributed by atoms with E-state index in [0.29, 0.717) is 11.0 Å². The van der Waals surface area contributed by atoms with E-state index in [1.165, 1.54) is 11.3 Å². The van der Waals surface area contributed by atoms with Crippen molar-refractivity contribution in [2.24, 2.45) is 5.84 Å². The first kappa shape index (κ1) is 12.4. The lowest BCUT2D eigenvalue weighted by Gasteiger charge is -2.32. The number of nitrogen functional groups attached to an aromatic ring is 1. The Morgan fingerprint density at radius 2 is 2.65 bits per heavy atom. The minimum absolute atomic E-state index is 0.337. The van der Waals surface area contributed by atoms with Gasteiger partial charge >= 0.3 is 0 Å². The number of hydrazine groups is 1. The van der Waals surface area contributed by atoms with Crippen LogP contribution in [0.25, 0.3) is 0 Å². The van der Waals surface area contributed by atoms with Crippen molar-refractivity contribution in [2.45, 2.75) is 19.5 Å². The molecule has 2 rings (SSSR count). The lowest BCUT2D eigenvalue weighted by Crippen LogP contribution is -2.43. The van der Waals surface area contributed by atoms with Crippen molar-refractivity contribution >= 4 is 17.2 Å². The molecule has 1 saturated heterocycles. The fourth-order valence-electron chi connectivity index (χ4n) is 1.75.